The molecule has 1 amide bonds. The minimum atomic E-state index is -2.25. The van der Waals surface area contributed by atoms with Crippen LogP contribution in [0.15, 0.2) is 12.2 Å². The van der Waals surface area contributed by atoms with E-state index in [1.54, 1.807) is 12.2 Å². The van der Waals surface area contributed by atoms with Gasteiger partial charge in [-0.3, -0.25) is 4.79 Å². The van der Waals surface area contributed by atoms with Gasteiger partial charge in [-0.1, -0.05) is 6.08 Å². The Morgan fingerprint density at radius 2 is 2.00 bits per heavy atom. The van der Waals surface area contributed by atoms with Gasteiger partial charge < -0.3 is 13.8 Å². The van der Waals surface area contributed by atoms with Gasteiger partial charge in [0, 0.05) is 19.8 Å². The Morgan fingerprint density at radius 3 is 2.35 bits per heavy atom. The van der Waals surface area contributed by atoms with Gasteiger partial charge in [-0.15, -0.1) is 0 Å². The van der Waals surface area contributed by atoms with Gasteiger partial charge in [0.1, 0.15) is 0 Å². The minimum absolute atomic E-state index is 0.0712. The second-order valence-corrected chi connectivity index (χ2v) is 7.49. The van der Waals surface area contributed by atoms with E-state index in [2.05, 4.69) is 6.55 Å². The van der Waals surface area contributed by atoms with Crippen LogP contribution in [0.2, 0.25) is 6.55 Å². The Hall–Kier alpha value is -0.653. The normalized spacial score (nSPS) is 20.7. The third-order valence-corrected chi connectivity index (χ3v) is 6.61. The molecule has 0 N–H and O–H groups in total. The predicted molar refractivity (Wildman–Crippen MR) is 69.8 cm³/mol. The molecule has 5 heteroatoms. The summed E-state index contributed by atoms with van der Waals surface area (Å²) in [6.45, 7) is 9.96. The van der Waals surface area contributed by atoms with E-state index in [4.69, 9.17) is 8.85 Å². The Morgan fingerprint density at radius 1 is 1.41 bits per heavy atom. The Kier molecular flexibility index (Phi) is 5.36. The van der Waals surface area contributed by atoms with Crippen LogP contribution in [-0.2, 0) is 13.6 Å². The molecule has 1 fully saturated rings. The lowest BCUT2D eigenvalue weighted by Gasteiger charge is -2.47. The predicted octanol–water partition coefficient (Wildman–Crippen LogP) is 1.85. The van der Waals surface area contributed by atoms with Crippen LogP contribution >= 0.6 is 0 Å². The van der Waals surface area contributed by atoms with Crippen LogP contribution in [0.1, 0.15) is 27.2 Å². The maximum absolute atomic E-state index is 11.8. The van der Waals surface area contributed by atoms with Gasteiger partial charge >= 0.3 is 8.56 Å². The first-order valence-corrected chi connectivity index (χ1v) is 8.69. The smallest absolute Gasteiger partial charge is 0.358 e. The molecule has 1 aliphatic rings. The maximum Gasteiger partial charge on any atom is 0.358 e. The molecule has 1 atom stereocenters. The zero-order valence-corrected chi connectivity index (χ0v) is 12.2. The fraction of sp³-hybridized carbons (Fsp3) is 0.750. The average molecular weight is 257 g/mol. The lowest BCUT2D eigenvalue weighted by molar-refractivity contribution is -0.132. The second kappa shape index (κ2) is 6.33. The molecule has 0 bridgehead atoms. The molecular formula is C12H23NO3Si. The standard InChI is InChI=1S/C12H23NO3Si/c1-5-8-11(14)13-10-9-12(13)17(4,15-6-2)16-7-3/h5,8,12H,6-7,9-10H2,1-4H3/b8-5-. The summed E-state index contributed by atoms with van der Waals surface area (Å²) in [4.78, 5) is 13.7. The summed E-state index contributed by atoms with van der Waals surface area (Å²) in [5.41, 5.74) is 0.158. The van der Waals surface area contributed by atoms with E-state index in [1.807, 2.05) is 25.7 Å². The van der Waals surface area contributed by atoms with Gasteiger partial charge in [-0.2, -0.15) is 0 Å². The van der Waals surface area contributed by atoms with Crippen molar-refractivity contribution in [3.8, 4) is 0 Å². The van der Waals surface area contributed by atoms with Crippen LogP contribution in [0, 0.1) is 0 Å². The van der Waals surface area contributed by atoms with E-state index in [9.17, 15) is 4.79 Å². The summed E-state index contributed by atoms with van der Waals surface area (Å²) in [5, 5.41) is 0. The molecule has 4 nitrogen and oxygen atoms in total. The summed E-state index contributed by atoms with van der Waals surface area (Å²) < 4.78 is 11.7. The van der Waals surface area contributed by atoms with E-state index in [-0.39, 0.29) is 11.6 Å². The third kappa shape index (κ3) is 3.17. The molecular weight excluding hydrogens is 234 g/mol. The fourth-order valence-electron chi connectivity index (χ4n) is 2.24. The first kappa shape index (κ1) is 14.4. The molecule has 17 heavy (non-hydrogen) atoms. The molecule has 0 aromatic rings. The number of rotatable bonds is 6. The number of nitrogens with zero attached hydrogens (tertiary/aromatic N) is 1. The topological polar surface area (TPSA) is 38.8 Å². The molecule has 1 heterocycles. The molecule has 0 aromatic heterocycles. The Labute approximate surface area is 105 Å². The highest BCUT2D eigenvalue weighted by atomic mass is 28.4. The van der Waals surface area contributed by atoms with Crippen LogP contribution in [-0.4, -0.2) is 44.8 Å². The number of carbonyl (C=O) groups is 1. The summed E-state index contributed by atoms with van der Waals surface area (Å²) in [7, 11) is -2.25. The Bertz CT molecular complexity index is 287. The molecule has 0 radical (unpaired) electrons. The number of carbonyl (C=O) groups excluding carboxylic acids is 1. The van der Waals surface area contributed by atoms with Gasteiger partial charge in [0.05, 0.1) is 5.67 Å². The van der Waals surface area contributed by atoms with Crippen molar-refractivity contribution in [2.75, 3.05) is 19.8 Å². The first-order chi connectivity index (χ1) is 8.09. The highest BCUT2D eigenvalue weighted by Crippen LogP contribution is 2.28. The zero-order chi connectivity index (χ0) is 12.9. The maximum atomic E-state index is 11.8. The minimum Gasteiger partial charge on any atom is -0.393 e. The third-order valence-electron chi connectivity index (χ3n) is 3.08. The largest absolute Gasteiger partial charge is 0.393 e. The van der Waals surface area contributed by atoms with Crippen molar-refractivity contribution in [1.29, 1.82) is 0 Å². The zero-order valence-electron chi connectivity index (χ0n) is 11.2. The van der Waals surface area contributed by atoms with Crippen molar-refractivity contribution in [3.05, 3.63) is 12.2 Å². The average Bonchev–Trinajstić information content (AvgIpc) is 2.16. The molecule has 0 aromatic carbocycles. The fourth-order valence-corrected chi connectivity index (χ4v) is 5.33. The molecule has 98 valence electrons. The van der Waals surface area contributed by atoms with Crippen molar-refractivity contribution < 1.29 is 13.6 Å². The molecule has 1 aliphatic heterocycles. The van der Waals surface area contributed by atoms with Gasteiger partial charge in [-0.05, 0) is 39.8 Å². The summed E-state index contributed by atoms with van der Waals surface area (Å²) in [5.74, 6) is 0.0712. The van der Waals surface area contributed by atoms with Crippen LogP contribution in [0.4, 0.5) is 0 Å². The quantitative estimate of drug-likeness (QED) is 0.538. The van der Waals surface area contributed by atoms with Gasteiger partial charge in [0.25, 0.3) is 0 Å². The summed E-state index contributed by atoms with van der Waals surface area (Å²) in [6.07, 6.45) is 4.38. The monoisotopic (exact) mass is 257 g/mol. The SMILES string of the molecule is C/C=C\C(=O)N1CCC1[Si](C)(OCC)OCC. The number of amides is 1. The number of hydrogen-bond acceptors (Lipinski definition) is 3. The van der Waals surface area contributed by atoms with E-state index in [0.29, 0.717) is 13.2 Å². The lowest BCUT2D eigenvalue weighted by Crippen LogP contribution is -2.66. The van der Waals surface area contributed by atoms with Gasteiger partial charge in [0.15, 0.2) is 0 Å². The van der Waals surface area contributed by atoms with E-state index in [0.717, 1.165) is 13.0 Å². The van der Waals surface area contributed by atoms with Crippen LogP contribution in [0.25, 0.3) is 0 Å². The molecule has 1 saturated heterocycles. The molecule has 0 spiro atoms. The van der Waals surface area contributed by atoms with Crippen LogP contribution < -0.4 is 0 Å². The van der Waals surface area contributed by atoms with Crippen LogP contribution in [0.3, 0.4) is 0 Å². The second-order valence-electron chi connectivity index (χ2n) is 4.22. The first-order valence-electron chi connectivity index (χ1n) is 6.30. The molecule has 0 aliphatic carbocycles. The van der Waals surface area contributed by atoms with Crippen molar-refractivity contribution in [2.45, 2.75) is 39.4 Å². The van der Waals surface area contributed by atoms with Crippen molar-refractivity contribution in [1.82, 2.24) is 4.90 Å². The van der Waals surface area contributed by atoms with E-state index in [1.165, 1.54) is 0 Å². The van der Waals surface area contributed by atoms with Crippen molar-refractivity contribution in [3.63, 3.8) is 0 Å². The Balaban J connectivity index is 2.72. The number of likely N-dealkylation sites (tertiary alicyclic amines) is 1. The number of hydrogen-bond donors (Lipinski definition) is 0. The molecule has 0 saturated carbocycles. The summed E-state index contributed by atoms with van der Waals surface area (Å²) in [6, 6.07) is 0. The van der Waals surface area contributed by atoms with E-state index >= 15 is 0 Å². The van der Waals surface area contributed by atoms with Gasteiger partial charge in [0.2, 0.25) is 5.91 Å². The summed E-state index contributed by atoms with van der Waals surface area (Å²) >= 11 is 0. The lowest BCUT2D eigenvalue weighted by atomic mass is 10.2. The van der Waals surface area contributed by atoms with E-state index < -0.39 is 8.56 Å². The highest BCUT2D eigenvalue weighted by Gasteiger charge is 2.50. The molecule has 1 rings (SSSR count). The molecule has 1 unspecified atom stereocenters. The van der Waals surface area contributed by atoms with Crippen LogP contribution in [0.5, 0.6) is 0 Å². The highest BCUT2D eigenvalue weighted by molar-refractivity contribution is 6.68. The number of allylic oxidation sites excluding steroid dienone is 1. The van der Waals surface area contributed by atoms with Crippen molar-refractivity contribution in [2.24, 2.45) is 0 Å². The van der Waals surface area contributed by atoms with Crippen molar-refractivity contribution >= 4 is 14.5 Å². The van der Waals surface area contributed by atoms with Gasteiger partial charge in [-0.25, -0.2) is 0 Å².